The monoisotopic (exact) mass is 320 g/mol. The number of thioether (sulfide) groups is 1. The van der Waals surface area contributed by atoms with Crippen LogP contribution in [0.4, 0.5) is 0 Å². The Balaban J connectivity index is 1.60. The number of hydrogen-bond acceptors (Lipinski definition) is 2. The van der Waals surface area contributed by atoms with Crippen LogP contribution in [0, 0.1) is 0 Å². The molecule has 1 atom stereocenters. The molecule has 0 fully saturated rings. The maximum absolute atomic E-state index is 5.85. The first kappa shape index (κ1) is 12.1. The van der Waals surface area contributed by atoms with Gasteiger partial charge in [-0.1, -0.05) is 40.2 Å². The first-order chi connectivity index (χ1) is 8.81. The lowest BCUT2D eigenvalue weighted by Crippen LogP contribution is -2.13. The topological polar surface area (TPSA) is 9.23 Å². The Hall–Kier alpha value is -0.930. The van der Waals surface area contributed by atoms with Crippen molar-refractivity contribution in [3.63, 3.8) is 0 Å². The predicted molar refractivity (Wildman–Crippen MR) is 79.4 cm³/mol. The third kappa shape index (κ3) is 2.73. The minimum absolute atomic E-state index is 0.529. The Labute approximate surface area is 120 Å². The van der Waals surface area contributed by atoms with Gasteiger partial charge in [0, 0.05) is 14.6 Å². The number of rotatable bonds is 3. The van der Waals surface area contributed by atoms with Crippen LogP contribution < -0.4 is 4.74 Å². The normalized spacial score (nSPS) is 17.5. The summed E-state index contributed by atoms with van der Waals surface area (Å²) in [4.78, 5) is 1.40. The number of halogens is 1. The Morgan fingerprint density at radius 1 is 1.17 bits per heavy atom. The number of ether oxygens (including phenoxy) is 1. The van der Waals surface area contributed by atoms with Crippen molar-refractivity contribution in [1.29, 1.82) is 0 Å². The van der Waals surface area contributed by atoms with Gasteiger partial charge < -0.3 is 4.74 Å². The highest BCUT2D eigenvalue weighted by Crippen LogP contribution is 2.36. The van der Waals surface area contributed by atoms with Crippen LogP contribution in [-0.4, -0.2) is 11.9 Å². The summed E-state index contributed by atoms with van der Waals surface area (Å²) < 4.78 is 6.91. The van der Waals surface area contributed by atoms with Crippen LogP contribution in [-0.2, 0) is 6.42 Å². The molecule has 0 N–H and O–H groups in total. The van der Waals surface area contributed by atoms with Gasteiger partial charge in [-0.25, -0.2) is 0 Å². The average Bonchev–Trinajstić information content (AvgIpc) is 2.79. The zero-order valence-electron chi connectivity index (χ0n) is 9.80. The van der Waals surface area contributed by atoms with Gasteiger partial charge >= 0.3 is 0 Å². The maximum Gasteiger partial charge on any atom is 0.120 e. The van der Waals surface area contributed by atoms with Gasteiger partial charge in [-0.2, -0.15) is 0 Å². The lowest BCUT2D eigenvalue weighted by molar-refractivity contribution is 0.317. The summed E-state index contributed by atoms with van der Waals surface area (Å²) in [6.07, 6.45) is 1.11. The van der Waals surface area contributed by atoms with E-state index in [1.54, 1.807) is 0 Å². The minimum atomic E-state index is 0.529. The summed E-state index contributed by atoms with van der Waals surface area (Å²) in [6.45, 7) is 0.760. The molecule has 3 rings (SSSR count). The molecular formula is C15H13BrOS. The molecule has 1 aliphatic rings. The Bertz CT molecular complexity index is 531. The van der Waals surface area contributed by atoms with Crippen molar-refractivity contribution in [1.82, 2.24) is 0 Å². The molecule has 2 aromatic carbocycles. The summed E-state index contributed by atoms with van der Waals surface area (Å²) in [5.41, 5.74) is 1.45. The molecule has 92 valence electrons. The van der Waals surface area contributed by atoms with Crippen LogP contribution in [0.25, 0.3) is 0 Å². The SMILES string of the molecule is Brc1cccc(OCC2Cc3ccccc3S2)c1. The van der Waals surface area contributed by atoms with Crippen LogP contribution >= 0.6 is 27.7 Å². The zero-order chi connectivity index (χ0) is 12.4. The largest absolute Gasteiger partial charge is 0.492 e. The van der Waals surface area contributed by atoms with Crippen molar-refractivity contribution in [3.8, 4) is 5.75 Å². The summed E-state index contributed by atoms with van der Waals surface area (Å²) in [6, 6.07) is 16.6. The second kappa shape index (κ2) is 5.37. The molecule has 3 heteroatoms. The van der Waals surface area contributed by atoms with Crippen LogP contribution in [0.15, 0.2) is 57.9 Å². The fourth-order valence-electron chi connectivity index (χ4n) is 2.09. The van der Waals surface area contributed by atoms with Crippen molar-refractivity contribution in [2.75, 3.05) is 6.61 Å². The summed E-state index contributed by atoms with van der Waals surface area (Å²) in [5.74, 6) is 0.931. The van der Waals surface area contributed by atoms with Crippen molar-refractivity contribution < 1.29 is 4.74 Å². The van der Waals surface area contributed by atoms with E-state index in [9.17, 15) is 0 Å². The molecule has 1 heterocycles. The lowest BCUT2D eigenvalue weighted by Gasteiger charge is -2.11. The molecule has 1 unspecified atom stereocenters. The van der Waals surface area contributed by atoms with Crippen molar-refractivity contribution >= 4 is 27.7 Å². The Kier molecular flexibility index (Phi) is 3.62. The van der Waals surface area contributed by atoms with Crippen LogP contribution in [0.3, 0.4) is 0 Å². The molecule has 0 aliphatic carbocycles. The van der Waals surface area contributed by atoms with Gasteiger partial charge in [0.2, 0.25) is 0 Å². The quantitative estimate of drug-likeness (QED) is 0.820. The average molecular weight is 321 g/mol. The van der Waals surface area contributed by atoms with E-state index in [2.05, 4.69) is 40.2 Å². The van der Waals surface area contributed by atoms with Gasteiger partial charge in [-0.15, -0.1) is 11.8 Å². The lowest BCUT2D eigenvalue weighted by atomic mass is 10.1. The van der Waals surface area contributed by atoms with E-state index in [-0.39, 0.29) is 0 Å². The highest BCUT2D eigenvalue weighted by Gasteiger charge is 2.22. The van der Waals surface area contributed by atoms with Crippen LogP contribution in [0.2, 0.25) is 0 Å². The molecule has 0 radical (unpaired) electrons. The standard InChI is InChI=1S/C15H13BrOS/c16-12-5-3-6-13(9-12)17-10-14-8-11-4-1-2-7-15(11)18-14/h1-7,9,14H,8,10H2. The van der Waals surface area contributed by atoms with Gasteiger partial charge in [-0.05, 0) is 36.2 Å². The highest BCUT2D eigenvalue weighted by molar-refractivity contribution is 9.10. The molecule has 0 spiro atoms. The first-order valence-electron chi connectivity index (χ1n) is 5.94. The van der Waals surface area contributed by atoms with E-state index in [0.29, 0.717) is 5.25 Å². The fourth-order valence-corrected chi connectivity index (χ4v) is 3.69. The Morgan fingerprint density at radius 3 is 2.89 bits per heavy atom. The summed E-state index contributed by atoms with van der Waals surface area (Å²) >= 11 is 5.38. The molecule has 18 heavy (non-hydrogen) atoms. The van der Waals surface area contributed by atoms with Gasteiger partial charge in [0.25, 0.3) is 0 Å². The second-order valence-electron chi connectivity index (χ2n) is 4.32. The molecule has 0 bridgehead atoms. The van der Waals surface area contributed by atoms with Crippen LogP contribution in [0.5, 0.6) is 5.75 Å². The van der Waals surface area contributed by atoms with Gasteiger partial charge in [0.15, 0.2) is 0 Å². The van der Waals surface area contributed by atoms with Gasteiger partial charge in [-0.3, -0.25) is 0 Å². The molecule has 1 nitrogen and oxygen atoms in total. The molecule has 2 aromatic rings. The molecule has 0 aromatic heterocycles. The molecule has 1 aliphatic heterocycles. The first-order valence-corrected chi connectivity index (χ1v) is 7.61. The van der Waals surface area contributed by atoms with E-state index < -0.39 is 0 Å². The number of fused-ring (bicyclic) bond motifs is 1. The Morgan fingerprint density at radius 2 is 2.06 bits per heavy atom. The zero-order valence-corrected chi connectivity index (χ0v) is 12.2. The van der Waals surface area contributed by atoms with E-state index in [0.717, 1.165) is 23.2 Å². The van der Waals surface area contributed by atoms with E-state index in [4.69, 9.17) is 4.74 Å². The second-order valence-corrected chi connectivity index (χ2v) is 6.58. The molecule has 0 saturated carbocycles. The van der Waals surface area contributed by atoms with Crippen molar-refractivity contribution in [3.05, 3.63) is 58.6 Å². The van der Waals surface area contributed by atoms with Crippen molar-refractivity contribution in [2.45, 2.75) is 16.6 Å². The van der Waals surface area contributed by atoms with Gasteiger partial charge in [0.1, 0.15) is 12.4 Å². The highest BCUT2D eigenvalue weighted by atomic mass is 79.9. The summed E-state index contributed by atoms with van der Waals surface area (Å²) in [5, 5.41) is 0.529. The molecule has 0 saturated heterocycles. The molecule has 0 amide bonds. The molecular weight excluding hydrogens is 308 g/mol. The predicted octanol–water partition coefficient (Wildman–Crippen LogP) is 4.54. The maximum atomic E-state index is 5.85. The van der Waals surface area contributed by atoms with E-state index >= 15 is 0 Å². The smallest absolute Gasteiger partial charge is 0.120 e. The van der Waals surface area contributed by atoms with E-state index in [1.165, 1.54) is 10.5 Å². The van der Waals surface area contributed by atoms with Crippen LogP contribution in [0.1, 0.15) is 5.56 Å². The number of benzene rings is 2. The third-order valence-electron chi connectivity index (χ3n) is 2.95. The number of hydrogen-bond donors (Lipinski definition) is 0. The summed E-state index contributed by atoms with van der Waals surface area (Å²) in [7, 11) is 0. The van der Waals surface area contributed by atoms with Crippen molar-refractivity contribution in [2.24, 2.45) is 0 Å². The third-order valence-corrected chi connectivity index (χ3v) is 4.73. The minimum Gasteiger partial charge on any atom is -0.492 e. The van der Waals surface area contributed by atoms with Gasteiger partial charge in [0.05, 0.1) is 0 Å². The fraction of sp³-hybridized carbons (Fsp3) is 0.200. The van der Waals surface area contributed by atoms with E-state index in [1.807, 2.05) is 36.0 Å².